The summed E-state index contributed by atoms with van der Waals surface area (Å²) >= 11 is 0. The van der Waals surface area contributed by atoms with Gasteiger partial charge in [-0.25, -0.2) is 0 Å². The molecule has 3 atom stereocenters. The third-order valence-electron chi connectivity index (χ3n) is 4.76. The molecular weight excluding hydrogens is 198 g/mol. The molecule has 2 N–H and O–H groups in total. The molecule has 0 aromatic carbocycles. The minimum Gasteiger partial charge on any atom is -0.389 e. The van der Waals surface area contributed by atoms with Gasteiger partial charge in [-0.1, -0.05) is 34.1 Å². The Hall–Kier alpha value is -0.0800. The van der Waals surface area contributed by atoms with E-state index in [-0.39, 0.29) is 0 Å². The molecule has 0 heterocycles. The Morgan fingerprint density at radius 1 is 1.19 bits per heavy atom. The summed E-state index contributed by atoms with van der Waals surface area (Å²) in [5.74, 6) is 1.65. The molecule has 1 rings (SSSR count). The van der Waals surface area contributed by atoms with Gasteiger partial charge in [0.15, 0.2) is 0 Å². The highest BCUT2D eigenvalue weighted by Gasteiger charge is 2.32. The zero-order valence-electron chi connectivity index (χ0n) is 11.4. The molecule has 2 nitrogen and oxygen atoms in total. The van der Waals surface area contributed by atoms with Gasteiger partial charge in [-0.2, -0.15) is 0 Å². The molecular formula is C14H29NO. The maximum Gasteiger partial charge on any atom is 0.0766 e. The van der Waals surface area contributed by atoms with E-state index in [0.29, 0.717) is 6.04 Å². The van der Waals surface area contributed by atoms with Crippen LogP contribution >= 0.6 is 0 Å². The minimum atomic E-state index is -0.496. The number of aliphatic hydroxyl groups is 1. The summed E-state index contributed by atoms with van der Waals surface area (Å²) in [6.07, 6.45) is 5.62. The van der Waals surface area contributed by atoms with Crippen LogP contribution in [0.4, 0.5) is 0 Å². The van der Waals surface area contributed by atoms with Gasteiger partial charge >= 0.3 is 0 Å². The predicted molar refractivity (Wildman–Crippen MR) is 69.5 cm³/mol. The lowest BCUT2D eigenvalue weighted by Gasteiger charge is -2.29. The molecule has 1 fully saturated rings. The van der Waals surface area contributed by atoms with Crippen LogP contribution in [0.15, 0.2) is 0 Å². The van der Waals surface area contributed by atoms with Gasteiger partial charge in [-0.3, -0.25) is 0 Å². The highest BCUT2D eigenvalue weighted by Crippen LogP contribution is 2.34. The maximum absolute atomic E-state index is 10.2. The zero-order chi connectivity index (χ0) is 12.2. The molecule has 0 saturated heterocycles. The maximum atomic E-state index is 10.2. The van der Waals surface area contributed by atoms with E-state index < -0.39 is 5.60 Å². The van der Waals surface area contributed by atoms with Gasteiger partial charge in [-0.15, -0.1) is 0 Å². The Balaban J connectivity index is 2.39. The van der Waals surface area contributed by atoms with Crippen molar-refractivity contribution in [1.29, 1.82) is 0 Å². The van der Waals surface area contributed by atoms with Gasteiger partial charge in [0.2, 0.25) is 0 Å². The van der Waals surface area contributed by atoms with Gasteiger partial charge in [0.1, 0.15) is 0 Å². The quantitative estimate of drug-likeness (QED) is 0.731. The molecule has 96 valence electrons. The molecule has 0 aromatic heterocycles. The lowest BCUT2D eigenvalue weighted by Crippen LogP contribution is -2.45. The highest BCUT2D eigenvalue weighted by molar-refractivity contribution is 4.89. The van der Waals surface area contributed by atoms with Gasteiger partial charge in [-0.05, 0) is 37.5 Å². The highest BCUT2D eigenvalue weighted by atomic mass is 16.3. The summed E-state index contributed by atoms with van der Waals surface area (Å²) in [5, 5.41) is 13.8. The normalized spacial score (nSPS) is 30.9. The van der Waals surface area contributed by atoms with Gasteiger partial charge in [0.05, 0.1) is 5.60 Å². The Morgan fingerprint density at radius 3 is 2.25 bits per heavy atom. The van der Waals surface area contributed by atoms with Crippen molar-refractivity contribution in [3.63, 3.8) is 0 Å². The van der Waals surface area contributed by atoms with Gasteiger partial charge in [0, 0.05) is 12.6 Å². The second-order valence-electron chi connectivity index (χ2n) is 5.52. The lowest BCUT2D eigenvalue weighted by atomic mass is 9.92. The van der Waals surface area contributed by atoms with Gasteiger partial charge in [0.25, 0.3) is 0 Å². The first-order valence-corrected chi connectivity index (χ1v) is 7.02. The first-order chi connectivity index (χ1) is 7.56. The summed E-state index contributed by atoms with van der Waals surface area (Å²) in [7, 11) is 0. The smallest absolute Gasteiger partial charge is 0.0766 e. The second-order valence-corrected chi connectivity index (χ2v) is 5.52. The largest absolute Gasteiger partial charge is 0.389 e. The predicted octanol–water partition coefficient (Wildman–Crippen LogP) is 2.95. The van der Waals surface area contributed by atoms with E-state index in [9.17, 15) is 5.11 Å². The number of rotatable bonds is 6. The fraction of sp³-hybridized carbons (Fsp3) is 1.00. The third-order valence-corrected chi connectivity index (χ3v) is 4.76. The molecule has 0 bridgehead atoms. The fourth-order valence-corrected chi connectivity index (χ4v) is 2.93. The van der Waals surface area contributed by atoms with E-state index in [1.54, 1.807) is 0 Å². The summed E-state index contributed by atoms with van der Waals surface area (Å²) in [6, 6.07) is 0.620. The summed E-state index contributed by atoms with van der Waals surface area (Å²) in [5.41, 5.74) is -0.496. The van der Waals surface area contributed by atoms with E-state index in [1.165, 1.54) is 19.3 Å². The van der Waals surface area contributed by atoms with Crippen molar-refractivity contribution in [2.75, 3.05) is 6.54 Å². The Bertz CT molecular complexity index is 201. The first kappa shape index (κ1) is 14.0. The topological polar surface area (TPSA) is 32.3 Å². The van der Waals surface area contributed by atoms with Crippen molar-refractivity contribution in [3.05, 3.63) is 0 Å². The van der Waals surface area contributed by atoms with Crippen LogP contribution < -0.4 is 5.32 Å². The van der Waals surface area contributed by atoms with Crippen molar-refractivity contribution in [3.8, 4) is 0 Å². The number of nitrogens with one attached hydrogen (secondary N) is 1. The molecule has 3 unspecified atom stereocenters. The van der Waals surface area contributed by atoms with Crippen molar-refractivity contribution in [1.82, 2.24) is 5.32 Å². The van der Waals surface area contributed by atoms with Crippen LogP contribution in [0.3, 0.4) is 0 Å². The molecule has 0 spiro atoms. The minimum absolute atomic E-state index is 0.496. The molecule has 0 aromatic rings. The number of hydrogen-bond donors (Lipinski definition) is 2. The molecule has 1 aliphatic rings. The van der Waals surface area contributed by atoms with Gasteiger partial charge < -0.3 is 10.4 Å². The number of hydrogen-bond acceptors (Lipinski definition) is 2. The average molecular weight is 227 g/mol. The molecule has 0 aliphatic heterocycles. The van der Waals surface area contributed by atoms with Crippen LogP contribution in [0.1, 0.15) is 59.8 Å². The monoisotopic (exact) mass is 227 g/mol. The zero-order valence-corrected chi connectivity index (χ0v) is 11.4. The SMILES string of the molecule is CCC1CCC(NCC(O)(CC)CC)C1C. The van der Waals surface area contributed by atoms with Crippen LogP contribution in [0.5, 0.6) is 0 Å². The fourth-order valence-electron chi connectivity index (χ4n) is 2.93. The van der Waals surface area contributed by atoms with Crippen molar-refractivity contribution in [2.24, 2.45) is 11.8 Å². The summed E-state index contributed by atoms with van der Waals surface area (Å²) < 4.78 is 0. The van der Waals surface area contributed by atoms with E-state index >= 15 is 0 Å². The molecule has 0 amide bonds. The lowest BCUT2D eigenvalue weighted by molar-refractivity contribution is 0.0285. The van der Waals surface area contributed by atoms with Crippen LogP contribution in [-0.2, 0) is 0 Å². The average Bonchev–Trinajstić information content (AvgIpc) is 2.67. The van der Waals surface area contributed by atoms with E-state index in [0.717, 1.165) is 31.2 Å². The Labute approximate surface area is 101 Å². The summed E-state index contributed by atoms with van der Waals surface area (Å²) in [6.45, 7) is 9.54. The van der Waals surface area contributed by atoms with Crippen molar-refractivity contribution in [2.45, 2.75) is 71.4 Å². The van der Waals surface area contributed by atoms with Crippen LogP contribution in [0, 0.1) is 11.8 Å². The summed E-state index contributed by atoms with van der Waals surface area (Å²) in [4.78, 5) is 0. The standard InChI is InChI=1S/C14H29NO/c1-5-12-8-9-13(11(12)4)15-10-14(16,6-2)7-3/h11-13,15-16H,5-10H2,1-4H3. The first-order valence-electron chi connectivity index (χ1n) is 7.02. The second kappa shape index (κ2) is 6.02. The Kier molecular flexibility index (Phi) is 5.26. The molecule has 0 radical (unpaired) electrons. The third kappa shape index (κ3) is 3.21. The Morgan fingerprint density at radius 2 is 1.81 bits per heavy atom. The van der Waals surface area contributed by atoms with E-state index in [2.05, 4.69) is 33.0 Å². The molecule has 1 saturated carbocycles. The van der Waals surface area contributed by atoms with Crippen molar-refractivity contribution < 1.29 is 5.11 Å². The van der Waals surface area contributed by atoms with E-state index in [4.69, 9.17) is 0 Å². The molecule has 16 heavy (non-hydrogen) atoms. The molecule has 2 heteroatoms. The van der Waals surface area contributed by atoms with Crippen molar-refractivity contribution >= 4 is 0 Å². The molecule has 1 aliphatic carbocycles. The van der Waals surface area contributed by atoms with Crippen LogP contribution in [0.2, 0.25) is 0 Å². The van der Waals surface area contributed by atoms with Crippen LogP contribution in [0.25, 0.3) is 0 Å². The van der Waals surface area contributed by atoms with E-state index in [1.807, 2.05) is 0 Å². The van der Waals surface area contributed by atoms with Crippen LogP contribution in [-0.4, -0.2) is 23.3 Å².